The van der Waals surface area contributed by atoms with Gasteiger partial charge in [-0.05, 0) is 30.7 Å². The Morgan fingerprint density at radius 1 is 1.12 bits per heavy atom. The first-order valence-corrected chi connectivity index (χ1v) is 11.0. The second kappa shape index (κ2) is 7.68. The fourth-order valence-electron chi connectivity index (χ4n) is 4.69. The molecule has 2 aromatic carbocycles. The molecule has 6 rings (SSSR count). The van der Waals surface area contributed by atoms with Gasteiger partial charge in [0, 0.05) is 37.0 Å². The number of aromatic amines is 1. The first-order valence-electron chi connectivity index (χ1n) is 11.0. The number of para-hydroxylation sites is 1. The minimum Gasteiger partial charge on any atom is -0.447 e. The number of cyclic esters (lactones) is 1. The average Bonchev–Trinajstić information content (AvgIpc) is 3.42. The van der Waals surface area contributed by atoms with Crippen molar-refractivity contribution in [1.82, 2.24) is 24.9 Å². The number of amides is 1. The number of hydrogen-bond acceptors (Lipinski definition) is 6. The lowest BCUT2D eigenvalue weighted by molar-refractivity contribution is 0.157. The summed E-state index contributed by atoms with van der Waals surface area (Å²) in [6.45, 7) is 4.23. The molecule has 10 heteroatoms. The van der Waals surface area contributed by atoms with E-state index in [-0.39, 0.29) is 17.8 Å². The molecule has 0 radical (unpaired) electrons. The third kappa shape index (κ3) is 3.21. The summed E-state index contributed by atoms with van der Waals surface area (Å²) in [5.74, 6) is -0.516. The SMILES string of the molecule is Cc1cccc(F)c1-n1nc2c(-c3ccc(N4CCN5C(=O)OCC5C4)cc3)n[nH]c2cc1=O. The second-order valence-electron chi connectivity index (χ2n) is 8.55. The fourth-order valence-corrected chi connectivity index (χ4v) is 4.69. The average molecular weight is 460 g/mol. The van der Waals surface area contributed by atoms with Crippen LogP contribution >= 0.6 is 0 Å². The van der Waals surface area contributed by atoms with Crippen molar-refractivity contribution < 1.29 is 13.9 Å². The quantitative estimate of drug-likeness (QED) is 0.505. The number of halogens is 1. The standard InChI is InChI=1S/C24H21FN6O3/c1-14-3-2-4-18(25)23(14)31-20(32)11-19-22(28-31)21(27-26-19)15-5-7-16(8-6-15)29-9-10-30-17(12-29)13-34-24(30)33/h2-8,11,17,26H,9-10,12-13H2,1H3. The molecule has 4 heterocycles. The number of carbonyl (C=O) groups excluding carboxylic acids is 1. The number of carbonyl (C=O) groups is 1. The molecule has 0 saturated carbocycles. The Hall–Kier alpha value is -4.21. The zero-order valence-electron chi connectivity index (χ0n) is 18.4. The van der Waals surface area contributed by atoms with Crippen molar-refractivity contribution in [2.75, 3.05) is 31.1 Å². The van der Waals surface area contributed by atoms with Crippen LogP contribution < -0.4 is 10.5 Å². The van der Waals surface area contributed by atoms with Gasteiger partial charge in [0.15, 0.2) is 0 Å². The Labute approximate surface area is 193 Å². The number of aryl methyl sites for hydroxylation is 1. The highest BCUT2D eigenvalue weighted by atomic mass is 19.1. The van der Waals surface area contributed by atoms with E-state index in [0.29, 0.717) is 42.0 Å². The van der Waals surface area contributed by atoms with Crippen LogP contribution in [0.1, 0.15) is 5.56 Å². The van der Waals surface area contributed by atoms with Crippen LogP contribution in [0.3, 0.4) is 0 Å². The number of nitrogens with one attached hydrogen (secondary N) is 1. The molecule has 0 bridgehead atoms. The van der Waals surface area contributed by atoms with Gasteiger partial charge in [-0.25, -0.2) is 9.18 Å². The summed E-state index contributed by atoms with van der Waals surface area (Å²) >= 11 is 0. The highest BCUT2D eigenvalue weighted by Crippen LogP contribution is 2.29. The van der Waals surface area contributed by atoms with Crippen LogP contribution in [0.15, 0.2) is 53.3 Å². The second-order valence-corrected chi connectivity index (χ2v) is 8.55. The number of rotatable bonds is 3. The predicted molar refractivity (Wildman–Crippen MR) is 124 cm³/mol. The molecule has 1 atom stereocenters. The lowest BCUT2D eigenvalue weighted by Crippen LogP contribution is -2.52. The fraction of sp³-hybridized carbons (Fsp3) is 0.250. The summed E-state index contributed by atoms with van der Waals surface area (Å²) in [4.78, 5) is 28.4. The first-order chi connectivity index (χ1) is 16.5. The lowest BCUT2D eigenvalue weighted by Gasteiger charge is -2.36. The van der Waals surface area contributed by atoms with E-state index in [9.17, 15) is 14.0 Å². The summed E-state index contributed by atoms with van der Waals surface area (Å²) in [5, 5.41) is 11.7. The topological polar surface area (TPSA) is 96.3 Å². The number of H-pyrrole nitrogens is 1. The number of aromatic nitrogens is 4. The van der Waals surface area contributed by atoms with Gasteiger partial charge < -0.3 is 9.64 Å². The van der Waals surface area contributed by atoms with Crippen LogP contribution in [-0.2, 0) is 4.74 Å². The number of fused-ring (bicyclic) bond motifs is 2. The van der Waals surface area contributed by atoms with Gasteiger partial charge in [0.25, 0.3) is 5.56 Å². The number of benzene rings is 2. The van der Waals surface area contributed by atoms with E-state index in [1.54, 1.807) is 24.0 Å². The van der Waals surface area contributed by atoms with Crippen LogP contribution in [0.2, 0.25) is 0 Å². The number of hydrogen-bond donors (Lipinski definition) is 1. The number of anilines is 1. The maximum absolute atomic E-state index is 14.5. The minimum atomic E-state index is -0.516. The number of nitrogens with zero attached hydrogens (tertiary/aromatic N) is 5. The van der Waals surface area contributed by atoms with Crippen molar-refractivity contribution in [2.45, 2.75) is 13.0 Å². The Morgan fingerprint density at radius 2 is 1.94 bits per heavy atom. The van der Waals surface area contributed by atoms with Crippen molar-refractivity contribution in [2.24, 2.45) is 0 Å². The van der Waals surface area contributed by atoms with E-state index in [1.807, 2.05) is 24.3 Å². The summed E-state index contributed by atoms with van der Waals surface area (Å²) in [6, 6.07) is 14.0. The summed E-state index contributed by atoms with van der Waals surface area (Å²) < 4.78 is 20.8. The number of ether oxygens (including phenoxy) is 1. The normalized spacial score (nSPS) is 17.8. The molecule has 172 valence electrons. The highest BCUT2D eigenvalue weighted by molar-refractivity contribution is 5.89. The van der Waals surface area contributed by atoms with Gasteiger partial charge >= 0.3 is 6.09 Å². The van der Waals surface area contributed by atoms with Crippen LogP contribution in [0.5, 0.6) is 0 Å². The van der Waals surface area contributed by atoms with E-state index in [2.05, 4.69) is 20.2 Å². The molecule has 1 N–H and O–H groups in total. The van der Waals surface area contributed by atoms with Crippen molar-refractivity contribution in [3.8, 4) is 16.9 Å². The van der Waals surface area contributed by atoms with Crippen molar-refractivity contribution >= 4 is 22.8 Å². The zero-order chi connectivity index (χ0) is 23.4. The molecule has 0 spiro atoms. The maximum atomic E-state index is 14.5. The molecule has 9 nitrogen and oxygen atoms in total. The molecule has 1 amide bonds. The molecule has 2 aromatic heterocycles. The van der Waals surface area contributed by atoms with E-state index in [1.165, 1.54) is 12.1 Å². The smallest absolute Gasteiger partial charge is 0.410 e. The molecular weight excluding hydrogens is 439 g/mol. The summed E-state index contributed by atoms with van der Waals surface area (Å²) in [7, 11) is 0. The van der Waals surface area contributed by atoms with Crippen LogP contribution in [0, 0.1) is 12.7 Å². The molecule has 2 fully saturated rings. The first kappa shape index (κ1) is 20.4. The van der Waals surface area contributed by atoms with Crippen LogP contribution in [0.25, 0.3) is 28.0 Å². The molecular formula is C24H21FN6O3. The van der Waals surface area contributed by atoms with Gasteiger partial charge in [0.2, 0.25) is 0 Å². The summed E-state index contributed by atoms with van der Waals surface area (Å²) in [6.07, 6.45) is -0.234. The molecule has 4 aromatic rings. The molecule has 2 aliphatic heterocycles. The van der Waals surface area contributed by atoms with Crippen LogP contribution in [-0.4, -0.2) is 63.3 Å². The molecule has 2 saturated heterocycles. The predicted octanol–water partition coefficient (Wildman–Crippen LogP) is 2.86. The van der Waals surface area contributed by atoms with Gasteiger partial charge in [-0.1, -0.05) is 24.3 Å². The van der Waals surface area contributed by atoms with Crippen molar-refractivity contribution in [1.29, 1.82) is 0 Å². The van der Waals surface area contributed by atoms with E-state index in [4.69, 9.17) is 4.74 Å². The maximum Gasteiger partial charge on any atom is 0.410 e. The van der Waals surface area contributed by atoms with Crippen LogP contribution in [0.4, 0.5) is 14.9 Å². The van der Waals surface area contributed by atoms with Gasteiger partial charge in [-0.15, -0.1) is 0 Å². The van der Waals surface area contributed by atoms with Gasteiger partial charge in [-0.3, -0.25) is 14.8 Å². The number of piperazine rings is 1. The molecule has 2 aliphatic rings. The molecule has 34 heavy (non-hydrogen) atoms. The largest absolute Gasteiger partial charge is 0.447 e. The minimum absolute atomic E-state index is 0.0685. The summed E-state index contributed by atoms with van der Waals surface area (Å²) in [5.41, 5.74) is 3.68. The van der Waals surface area contributed by atoms with Gasteiger partial charge in [-0.2, -0.15) is 14.9 Å². The van der Waals surface area contributed by atoms with Gasteiger partial charge in [0.1, 0.15) is 29.3 Å². The van der Waals surface area contributed by atoms with Crippen molar-refractivity contribution in [3.05, 3.63) is 70.3 Å². The Kier molecular flexibility index (Phi) is 4.61. The third-order valence-electron chi connectivity index (χ3n) is 6.47. The molecule has 1 unspecified atom stereocenters. The van der Waals surface area contributed by atoms with E-state index in [0.717, 1.165) is 22.5 Å². The molecule has 0 aliphatic carbocycles. The Bertz CT molecular complexity index is 1460. The van der Waals surface area contributed by atoms with E-state index < -0.39 is 11.4 Å². The Balaban J connectivity index is 1.34. The van der Waals surface area contributed by atoms with Gasteiger partial charge in [0.05, 0.1) is 11.6 Å². The third-order valence-corrected chi connectivity index (χ3v) is 6.47. The monoisotopic (exact) mass is 460 g/mol. The Morgan fingerprint density at radius 3 is 2.74 bits per heavy atom. The van der Waals surface area contributed by atoms with Crippen molar-refractivity contribution in [3.63, 3.8) is 0 Å². The lowest BCUT2D eigenvalue weighted by atomic mass is 10.1. The van der Waals surface area contributed by atoms with E-state index >= 15 is 0 Å². The zero-order valence-corrected chi connectivity index (χ0v) is 18.4. The highest BCUT2D eigenvalue weighted by Gasteiger charge is 2.37.